The Hall–Kier alpha value is 0.240. The highest BCUT2D eigenvalue weighted by Crippen LogP contribution is 2.19. The van der Waals surface area contributed by atoms with Crippen LogP contribution in [-0.2, 0) is 0 Å². The Morgan fingerprint density at radius 1 is 1.50 bits per heavy atom. The maximum Gasteiger partial charge on any atom is 0.0434 e. The number of hydrogen-bond donors (Lipinski definition) is 1. The molecule has 0 aromatic carbocycles. The first kappa shape index (κ1) is 14.3. The monoisotopic (exact) mass is 264 g/mol. The second kappa shape index (κ2) is 8.35. The van der Waals surface area contributed by atoms with Crippen LogP contribution in [0.4, 0.5) is 0 Å². The summed E-state index contributed by atoms with van der Waals surface area (Å²) < 4.78 is 0. The third-order valence-electron chi connectivity index (χ3n) is 3.03. The van der Waals surface area contributed by atoms with Crippen LogP contribution in [0, 0.1) is 0 Å². The molecule has 2 nitrogen and oxygen atoms in total. The van der Waals surface area contributed by atoms with E-state index in [0.717, 1.165) is 31.2 Å². The predicted molar refractivity (Wildman–Crippen MR) is 72.2 cm³/mol. The smallest absolute Gasteiger partial charge is 0.0434 e. The zero-order valence-electron chi connectivity index (χ0n) is 10.0. The lowest BCUT2D eigenvalue weighted by atomic mass is 10.0. The summed E-state index contributed by atoms with van der Waals surface area (Å²) in [6, 6.07) is 0.616. The lowest BCUT2D eigenvalue weighted by molar-refractivity contribution is 0.161. The zero-order valence-corrected chi connectivity index (χ0v) is 11.5. The van der Waals surface area contributed by atoms with E-state index in [0.29, 0.717) is 6.04 Å². The first-order valence-corrected chi connectivity index (χ1v) is 6.99. The Labute approximate surface area is 109 Å². The average Bonchev–Trinajstić information content (AvgIpc) is 2.31. The molecule has 0 aliphatic carbocycles. The molecule has 1 rings (SSSR count). The molecular formula is C12H22Cl2N2. The minimum absolute atomic E-state index is 0.616. The molecule has 0 aromatic rings. The van der Waals surface area contributed by atoms with Gasteiger partial charge in [-0.2, -0.15) is 0 Å². The van der Waals surface area contributed by atoms with Crippen LogP contribution in [0.5, 0.6) is 0 Å². The van der Waals surface area contributed by atoms with Gasteiger partial charge in [0.25, 0.3) is 0 Å². The highest BCUT2D eigenvalue weighted by molar-refractivity contribution is 6.36. The van der Waals surface area contributed by atoms with Crippen LogP contribution in [0.25, 0.3) is 0 Å². The Bertz CT molecular complexity index is 219. The third kappa shape index (κ3) is 5.05. The fourth-order valence-electron chi connectivity index (χ4n) is 2.17. The summed E-state index contributed by atoms with van der Waals surface area (Å²) in [4.78, 5) is 2.44. The van der Waals surface area contributed by atoms with Gasteiger partial charge in [0.15, 0.2) is 0 Å². The Kier molecular flexibility index (Phi) is 7.46. The van der Waals surface area contributed by atoms with Gasteiger partial charge in [-0.3, -0.25) is 4.90 Å². The lowest BCUT2D eigenvalue weighted by Crippen LogP contribution is -2.46. The van der Waals surface area contributed by atoms with Crippen molar-refractivity contribution < 1.29 is 0 Å². The number of nitrogens with one attached hydrogen (secondary N) is 1. The van der Waals surface area contributed by atoms with Crippen LogP contribution in [0.2, 0.25) is 0 Å². The van der Waals surface area contributed by atoms with Crippen molar-refractivity contribution in [1.82, 2.24) is 10.2 Å². The number of halogens is 2. The molecule has 1 saturated heterocycles. The largest absolute Gasteiger partial charge is 0.315 e. The molecule has 0 aromatic heterocycles. The molecule has 0 bridgehead atoms. The molecular weight excluding hydrogens is 243 g/mol. The number of nitrogens with zero attached hydrogens (tertiary/aromatic N) is 1. The van der Waals surface area contributed by atoms with Crippen molar-refractivity contribution in [3.63, 3.8) is 0 Å². The van der Waals surface area contributed by atoms with Crippen molar-refractivity contribution in [3.05, 3.63) is 10.6 Å². The molecule has 4 heteroatoms. The Balaban J connectivity index is 2.37. The van der Waals surface area contributed by atoms with Crippen molar-refractivity contribution in [2.75, 3.05) is 26.2 Å². The topological polar surface area (TPSA) is 15.3 Å². The number of piperidine rings is 1. The van der Waals surface area contributed by atoms with E-state index < -0.39 is 0 Å². The van der Waals surface area contributed by atoms with Crippen LogP contribution in [0.15, 0.2) is 10.6 Å². The van der Waals surface area contributed by atoms with Crippen LogP contribution < -0.4 is 5.32 Å². The Morgan fingerprint density at radius 2 is 2.31 bits per heavy atom. The van der Waals surface area contributed by atoms with Gasteiger partial charge in [-0.15, -0.1) is 0 Å². The molecule has 1 fully saturated rings. The van der Waals surface area contributed by atoms with Crippen LogP contribution in [0.3, 0.4) is 0 Å². The quantitative estimate of drug-likeness (QED) is 0.742. The summed E-state index contributed by atoms with van der Waals surface area (Å²) in [7, 11) is 0. The summed E-state index contributed by atoms with van der Waals surface area (Å²) in [6.45, 7) is 6.30. The molecule has 1 heterocycles. The van der Waals surface area contributed by atoms with Crippen molar-refractivity contribution in [2.45, 2.75) is 38.6 Å². The van der Waals surface area contributed by atoms with Gasteiger partial charge in [0.2, 0.25) is 0 Å². The molecule has 0 saturated carbocycles. The maximum atomic E-state index is 5.99. The van der Waals surface area contributed by atoms with Gasteiger partial charge < -0.3 is 5.32 Å². The highest BCUT2D eigenvalue weighted by atomic mass is 35.5. The van der Waals surface area contributed by atoms with Gasteiger partial charge in [0.1, 0.15) is 0 Å². The van der Waals surface area contributed by atoms with Crippen LogP contribution >= 0.6 is 23.2 Å². The summed E-state index contributed by atoms with van der Waals surface area (Å²) in [5, 5.41) is 4.23. The summed E-state index contributed by atoms with van der Waals surface area (Å²) in [5.74, 6) is 0. The van der Waals surface area contributed by atoms with Gasteiger partial charge in [-0.1, -0.05) is 36.5 Å². The molecule has 0 spiro atoms. The first-order valence-electron chi connectivity index (χ1n) is 6.17. The fraction of sp³-hybridized carbons (Fsp3) is 0.833. The summed E-state index contributed by atoms with van der Waals surface area (Å²) in [6.07, 6.45) is 5.06. The molecule has 1 unspecified atom stereocenters. The van der Waals surface area contributed by atoms with E-state index in [9.17, 15) is 0 Å². The Morgan fingerprint density at radius 3 is 3.00 bits per heavy atom. The van der Waals surface area contributed by atoms with Crippen molar-refractivity contribution >= 4 is 23.2 Å². The van der Waals surface area contributed by atoms with E-state index in [1.807, 2.05) is 0 Å². The molecule has 1 atom stereocenters. The lowest BCUT2D eigenvalue weighted by Gasteiger charge is -2.35. The summed E-state index contributed by atoms with van der Waals surface area (Å²) in [5.41, 5.74) is 1.48. The van der Waals surface area contributed by atoms with Gasteiger partial charge in [0, 0.05) is 29.7 Å². The number of hydrogen-bond acceptors (Lipinski definition) is 2. The van der Waals surface area contributed by atoms with Crippen molar-refractivity contribution in [1.29, 1.82) is 0 Å². The third-order valence-corrected chi connectivity index (χ3v) is 3.63. The van der Waals surface area contributed by atoms with E-state index in [1.54, 1.807) is 0 Å². The SMILES string of the molecule is CCCNCC1CCCCN1CC(Cl)=CCl. The van der Waals surface area contributed by atoms with E-state index in [2.05, 4.69) is 17.1 Å². The van der Waals surface area contributed by atoms with Gasteiger partial charge >= 0.3 is 0 Å². The van der Waals surface area contributed by atoms with Gasteiger partial charge in [0.05, 0.1) is 0 Å². The van der Waals surface area contributed by atoms with E-state index >= 15 is 0 Å². The van der Waals surface area contributed by atoms with E-state index in [-0.39, 0.29) is 0 Å². The number of rotatable bonds is 6. The van der Waals surface area contributed by atoms with E-state index in [1.165, 1.54) is 31.2 Å². The standard InChI is InChI=1S/C12H22Cl2N2/c1-2-6-15-9-12-5-3-4-7-16(12)10-11(14)8-13/h8,12,15H,2-7,9-10H2,1H3. The second-order valence-corrected chi connectivity index (χ2v) is 5.08. The van der Waals surface area contributed by atoms with Crippen molar-refractivity contribution in [2.24, 2.45) is 0 Å². The normalized spacial score (nSPS) is 23.7. The highest BCUT2D eigenvalue weighted by Gasteiger charge is 2.22. The van der Waals surface area contributed by atoms with Gasteiger partial charge in [-0.25, -0.2) is 0 Å². The van der Waals surface area contributed by atoms with Gasteiger partial charge in [-0.05, 0) is 32.4 Å². The minimum atomic E-state index is 0.616. The van der Waals surface area contributed by atoms with Crippen molar-refractivity contribution in [3.8, 4) is 0 Å². The molecule has 1 aliphatic heterocycles. The predicted octanol–water partition coefficient (Wildman–Crippen LogP) is 3.16. The van der Waals surface area contributed by atoms with E-state index in [4.69, 9.17) is 23.2 Å². The second-order valence-electron chi connectivity index (χ2n) is 4.38. The molecule has 1 N–H and O–H groups in total. The molecule has 0 amide bonds. The fourth-order valence-corrected chi connectivity index (χ4v) is 2.40. The summed E-state index contributed by atoms with van der Waals surface area (Å²) >= 11 is 11.6. The molecule has 0 radical (unpaired) electrons. The van der Waals surface area contributed by atoms with Crippen LogP contribution in [0.1, 0.15) is 32.6 Å². The molecule has 1 aliphatic rings. The molecule has 16 heavy (non-hydrogen) atoms. The first-order chi connectivity index (χ1) is 7.77. The average molecular weight is 265 g/mol. The maximum absolute atomic E-state index is 5.99. The minimum Gasteiger partial charge on any atom is -0.315 e. The zero-order chi connectivity index (χ0) is 11.8. The van der Waals surface area contributed by atoms with Crippen LogP contribution in [-0.4, -0.2) is 37.1 Å². The molecule has 94 valence electrons. The number of likely N-dealkylation sites (tertiary alicyclic amines) is 1.